The molecule has 0 saturated heterocycles. The number of pyridine rings is 4. The summed E-state index contributed by atoms with van der Waals surface area (Å²) >= 11 is 0. The lowest BCUT2D eigenvalue weighted by Gasteiger charge is -2.11. The second-order valence-electron chi connectivity index (χ2n) is 11.3. The van der Waals surface area contributed by atoms with Gasteiger partial charge in [0.2, 0.25) is 0 Å². The van der Waals surface area contributed by atoms with Gasteiger partial charge in [-0.15, -0.1) is 0 Å². The van der Waals surface area contributed by atoms with Gasteiger partial charge >= 0.3 is 0 Å². The molecule has 0 atom stereocenters. The van der Waals surface area contributed by atoms with Crippen LogP contribution in [-0.4, -0.2) is 29.9 Å². The monoisotopic (exact) mass is 616 g/mol. The van der Waals surface area contributed by atoms with Crippen molar-refractivity contribution >= 4 is 0 Å². The average molecular weight is 617 g/mol. The molecule has 8 aromatic rings. The Morgan fingerprint density at radius 1 is 0.250 bits per heavy atom. The first kappa shape index (κ1) is 28.8. The van der Waals surface area contributed by atoms with Crippen LogP contribution in [0.25, 0.3) is 78.9 Å². The third-order valence-electron chi connectivity index (χ3n) is 8.16. The van der Waals surface area contributed by atoms with Crippen LogP contribution < -0.4 is 0 Å². The van der Waals surface area contributed by atoms with Crippen molar-refractivity contribution in [3.8, 4) is 78.9 Å². The molecule has 0 aliphatic heterocycles. The molecule has 8 rings (SSSR count). The van der Waals surface area contributed by atoms with E-state index in [1.807, 2.05) is 91.0 Å². The Labute approximate surface area is 278 Å². The molecule has 0 aliphatic rings. The highest BCUT2D eigenvalue weighted by Crippen LogP contribution is 2.31. The maximum atomic E-state index is 5.01. The third kappa shape index (κ3) is 6.10. The number of aromatic nitrogens is 6. The zero-order valence-electron chi connectivity index (χ0n) is 25.8. The summed E-state index contributed by atoms with van der Waals surface area (Å²) in [6.45, 7) is 0. The van der Waals surface area contributed by atoms with Crippen molar-refractivity contribution in [3.63, 3.8) is 0 Å². The molecule has 6 heteroatoms. The minimum absolute atomic E-state index is 0.676. The number of nitrogens with zero attached hydrogens (tertiary/aromatic N) is 6. The minimum Gasteiger partial charge on any atom is -0.265 e. The van der Waals surface area contributed by atoms with Gasteiger partial charge in [-0.05, 0) is 54.6 Å². The molecule has 5 aromatic heterocycles. The van der Waals surface area contributed by atoms with E-state index in [9.17, 15) is 0 Å². The lowest BCUT2D eigenvalue weighted by atomic mass is 10.0. The van der Waals surface area contributed by atoms with Crippen LogP contribution in [0, 0.1) is 0 Å². The summed E-state index contributed by atoms with van der Waals surface area (Å²) in [5, 5.41) is 0. The predicted molar refractivity (Wildman–Crippen MR) is 191 cm³/mol. The maximum absolute atomic E-state index is 5.01. The summed E-state index contributed by atoms with van der Waals surface area (Å²) in [7, 11) is 0. The van der Waals surface area contributed by atoms with Gasteiger partial charge in [0.05, 0.1) is 34.2 Å². The summed E-state index contributed by atoms with van der Waals surface area (Å²) in [4.78, 5) is 28.1. The number of rotatable bonds is 7. The van der Waals surface area contributed by atoms with Crippen LogP contribution in [0.3, 0.4) is 0 Å². The van der Waals surface area contributed by atoms with E-state index in [4.69, 9.17) is 19.9 Å². The van der Waals surface area contributed by atoms with Gasteiger partial charge in [-0.3, -0.25) is 9.97 Å². The second kappa shape index (κ2) is 13.0. The molecule has 226 valence electrons. The zero-order valence-corrected chi connectivity index (χ0v) is 25.8. The first-order valence-corrected chi connectivity index (χ1v) is 15.7. The van der Waals surface area contributed by atoms with E-state index in [0.717, 1.165) is 73.1 Å². The largest absolute Gasteiger partial charge is 0.265 e. The molecule has 0 fully saturated rings. The fourth-order valence-electron chi connectivity index (χ4n) is 5.64. The highest BCUT2D eigenvalue weighted by Gasteiger charge is 2.12. The highest BCUT2D eigenvalue weighted by molar-refractivity contribution is 5.75. The molecule has 6 nitrogen and oxygen atoms in total. The summed E-state index contributed by atoms with van der Waals surface area (Å²) in [5.74, 6) is 0.676. The van der Waals surface area contributed by atoms with Crippen LogP contribution in [0.2, 0.25) is 0 Å². The fourth-order valence-corrected chi connectivity index (χ4v) is 5.64. The van der Waals surface area contributed by atoms with Crippen molar-refractivity contribution in [1.29, 1.82) is 0 Å². The fraction of sp³-hybridized carbons (Fsp3) is 0. The molecule has 3 aromatic carbocycles. The quantitative estimate of drug-likeness (QED) is 0.177. The van der Waals surface area contributed by atoms with Gasteiger partial charge in [0.25, 0.3) is 0 Å². The molecule has 0 saturated carbocycles. The maximum Gasteiger partial charge on any atom is 0.160 e. The van der Waals surface area contributed by atoms with Gasteiger partial charge in [-0.2, -0.15) is 0 Å². The number of benzene rings is 3. The van der Waals surface area contributed by atoms with E-state index < -0.39 is 0 Å². The van der Waals surface area contributed by atoms with Crippen LogP contribution in [0.1, 0.15) is 0 Å². The lowest BCUT2D eigenvalue weighted by molar-refractivity contribution is 1.18. The first-order valence-electron chi connectivity index (χ1n) is 15.7. The minimum atomic E-state index is 0.676. The van der Waals surface area contributed by atoms with Crippen LogP contribution >= 0.6 is 0 Å². The molecule has 0 unspecified atom stereocenters. The van der Waals surface area contributed by atoms with E-state index in [2.05, 4.69) is 64.6 Å². The summed E-state index contributed by atoms with van der Waals surface area (Å²) < 4.78 is 0. The van der Waals surface area contributed by atoms with E-state index in [-0.39, 0.29) is 0 Å². The van der Waals surface area contributed by atoms with Crippen molar-refractivity contribution in [2.45, 2.75) is 0 Å². The summed E-state index contributed by atoms with van der Waals surface area (Å²) in [6, 6.07) is 49.0. The predicted octanol–water partition coefficient (Wildman–Crippen LogP) is 9.73. The summed E-state index contributed by atoms with van der Waals surface area (Å²) in [5.41, 5.74) is 12.4. The molecule has 0 amide bonds. The van der Waals surface area contributed by atoms with Crippen molar-refractivity contribution in [2.24, 2.45) is 0 Å². The SMILES string of the molecule is c1ccc(-c2nc(-c3ccc(-c4cccc(-c5ccncc5)n4)cc3)cc(-c3ccc(-c4cccc(-c5ccncc5)n4)cc3)n2)cc1. The van der Waals surface area contributed by atoms with Crippen LogP contribution in [0.4, 0.5) is 0 Å². The molecule has 0 spiro atoms. The Balaban J connectivity index is 1.13. The molecule has 48 heavy (non-hydrogen) atoms. The van der Waals surface area contributed by atoms with Gasteiger partial charge in [-0.1, -0.05) is 91.0 Å². The highest BCUT2D eigenvalue weighted by atomic mass is 14.9. The number of hydrogen-bond donors (Lipinski definition) is 0. The van der Waals surface area contributed by atoms with Crippen LogP contribution in [-0.2, 0) is 0 Å². The molecule has 0 aliphatic carbocycles. The van der Waals surface area contributed by atoms with Gasteiger partial charge in [0.15, 0.2) is 5.82 Å². The van der Waals surface area contributed by atoms with Crippen LogP contribution in [0.15, 0.2) is 170 Å². The third-order valence-corrected chi connectivity index (χ3v) is 8.16. The second-order valence-corrected chi connectivity index (χ2v) is 11.3. The molecule has 5 heterocycles. The van der Waals surface area contributed by atoms with Crippen molar-refractivity contribution in [1.82, 2.24) is 29.9 Å². The van der Waals surface area contributed by atoms with E-state index in [0.29, 0.717) is 5.82 Å². The zero-order chi connectivity index (χ0) is 32.1. The van der Waals surface area contributed by atoms with Crippen molar-refractivity contribution < 1.29 is 0 Å². The molecule has 0 radical (unpaired) electrons. The Morgan fingerprint density at radius 2 is 0.604 bits per heavy atom. The van der Waals surface area contributed by atoms with E-state index in [1.54, 1.807) is 24.8 Å². The topological polar surface area (TPSA) is 77.3 Å². The van der Waals surface area contributed by atoms with Crippen LogP contribution in [0.5, 0.6) is 0 Å². The lowest BCUT2D eigenvalue weighted by Crippen LogP contribution is -1.96. The molecule has 0 bridgehead atoms. The van der Waals surface area contributed by atoms with Gasteiger partial charge in [-0.25, -0.2) is 19.9 Å². The standard InChI is InChI=1S/C42H28N6/c1-2-6-35(7-3-1)42-47-40(31-16-12-29(13-17-31)36-8-4-10-38(45-36)33-20-24-43-25-21-33)28-41(48-42)32-18-14-30(15-19-32)37-9-5-11-39(46-37)34-22-26-44-27-23-34/h1-28H. The smallest absolute Gasteiger partial charge is 0.160 e. The van der Waals surface area contributed by atoms with Gasteiger partial charge in [0.1, 0.15) is 0 Å². The average Bonchev–Trinajstić information content (AvgIpc) is 3.19. The Morgan fingerprint density at radius 3 is 1.00 bits per heavy atom. The van der Waals surface area contributed by atoms with Gasteiger partial charge in [0, 0.05) is 63.7 Å². The van der Waals surface area contributed by atoms with Gasteiger partial charge < -0.3 is 0 Å². The number of hydrogen-bond acceptors (Lipinski definition) is 6. The Kier molecular flexibility index (Phi) is 7.79. The van der Waals surface area contributed by atoms with Crippen molar-refractivity contribution in [2.75, 3.05) is 0 Å². The molecule has 0 N–H and O–H groups in total. The van der Waals surface area contributed by atoms with E-state index in [1.165, 1.54) is 0 Å². The van der Waals surface area contributed by atoms with Crippen molar-refractivity contribution in [3.05, 3.63) is 170 Å². The molecular weight excluding hydrogens is 589 g/mol. The Hall–Kier alpha value is -6.66. The summed E-state index contributed by atoms with van der Waals surface area (Å²) in [6.07, 6.45) is 7.14. The van der Waals surface area contributed by atoms with E-state index >= 15 is 0 Å². The normalized spacial score (nSPS) is 10.9. The Bertz CT molecular complexity index is 2160. The first-order chi connectivity index (χ1) is 23.8. The molecular formula is C42H28N6.